The van der Waals surface area contributed by atoms with Gasteiger partial charge in [-0.05, 0) is 92.8 Å². The minimum absolute atomic E-state index is 0.0572. The van der Waals surface area contributed by atoms with E-state index in [9.17, 15) is 30.3 Å². The highest BCUT2D eigenvalue weighted by molar-refractivity contribution is 5.75. The first-order chi connectivity index (χ1) is 16.1. The quantitative estimate of drug-likeness (QED) is 0.401. The van der Waals surface area contributed by atoms with Crippen molar-refractivity contribution in [3.8, 4) is 0 Å². The Bertz CT molecular complexity index is 789. The molecule has 1 spiro atoms. The van der Waals surface area contributed by atoms with Gasteiger partial charge in [0.1, 0.15) is 24.4 Å². The molecule has 8 nitrogen and oxygen atoms in total. The molecule has 4 saturated carbocycles. The molecule has 4 aliphatic carbocycles. The van der Waals surface area contributed by atoms with Crippen LogP contribution in [0.25, 0.3) is 0 Å². The molecule has 0 amide bonds. The van der Waals surface area contributed by atoms with Crippen LogP contribution in [0.15, 0.2) is 0 Å². The third-order valence-corrected chi connectivity index (χ3v) is 11.1. The second-order valence-corrected chi connectivity index (χ2v) is 12.6. The second-order valence-electron chi connectivity index (χ2n) is 12.6. The van der Waals surface area contributed by atoms with E-state index in [0.29, 0.717) is 24.4 Å². The Morgan fingerprint density at radius 2 is 1.74 bits per heavy atom. The lowest BCUT2D eigenvalue weighted by Crippen LogP contribution is -2.59. The summed E-state index contributed by atoms with van der Waals surface area (Å²) in [4.78, 5) is 12.3. The van der Waals surface area contributed by atoms with E-state index in [-0.39, 0.29) is 16.7 Å². The van der Waals surface area contributed by atoms with Crippen LogP contribution in [0.2, 0.25) is 0 Å². The lowest BCUT2D eigenvalue weighted by molar-refractivity contribution is -0.303. The number of aliphatic carboxylic acids is 1. The zero-order valence-corrected chi connectivity index (χ0v) is 20.4. The van der Waals surface area contributed by atoms with Gasteiger partial charge in [0.25, 0.3) is 0 Å². The number of aliphatic hydroxyl groups is 4. The molecular weight excluding hydrogens is 440 g/mol. The van der Waals surface area contributed by atoms with Gasteiger partial charge in [0, 0.05) is 0 Å². The highest BCUT2D eigenvalue weighted by atomic mass is 16.7. The van der Waals surface area contributed by atoms with Crippen LogP contribution in [0.5, 0.6) is 0 Å². The molecule has 1 heterocycles. The van der Waals surface area contributed by atoms with Crippen molar-refractivity contribution in [1.29, 1.82) is 0 Å². The summed E-state index contributed by atoms with van der Waals surface area (Å²) < 4.78 is 11.5. The van der Waals surface area contributed by atoms with Crippen molar-refractivity contribution in [2.45, 2.75) is 102 Å². The summed E-state index contributed by atoms with van der Waals surface area (Å²) in [6.45, 7) is 4.31. The molecule has 5 fully saturated rings. The molecule has 194 valence electrons. The number of hydrogen-bond donors (Lipinski definition) is 5. The molecule has 5 aliphatic rings. The smallest absolute Gasteiger partial charge is 0.309 e. The van der Waals surface area contributed by atoms with Gasteiger partial charge in [-0.25, -0.2) is 0 Å². The van der Waals surface area contributed by atoms with Crippen LogP contribution in [0.1, 0.15) is 71.6 Å². The Labute approximate surface area is 201 Å². The summed E-state index contributed by atoms with van der Waals surface area (Å²) in [5.41, 5.74) is -0.342. The highest BCUT2D eigenvalue weighted by Gasteiger charge is 2.65. The maximum Gasteiger partial charge on any atom is 0.309 e. The summed E-state index contributed by atoms with van der Waals surface area (Å²) >= 11 is 0. The molecule has 8 heteroatoms. The van der Waals surface area contributed by atoms with Gasteiger partial charge in [0.05, 0.1) is 18.6 Å². The first-order valence-electron chi connectivity index (χ1n) is 13.2. The molecule has 1 saturated heterocycles. The number of ether oxygens (including phenoxy) is 2. The van der Waals surface area contributed by atoms with Crippen molar-refractivity contribution in [2.75, 3.05) is 13.2 Å². The fourth-order valence-electron chi connectivity index (χ4n) is 9.46. The van der Waals surface area contributed by atoms with Gasteiger partial charge in [0.15, 0.2) is 6.29 Å². The monoisotopic (exact) mass is 482 g/mol. The lowest BCUT2D eigenvalue weighted by Gasteiger charge is -2.63. The van der Waals surface area contributed by atoms with Crippen molar-refractivity contribution < 1.29 is 39.8 Å². The maximum atomic E-state index is 12.3. The summed E-state index contributed by atoms with van der Waals surface area (Å²) in [6, 6.07) is 0. The number of carboxylic acids is 1. The van der Waals surface area contributed by atoms with E-state index in [1.54, 1.807) is 0 Å². The van der Waals surface area contributed by atoms with Gasteiger partial charge < -0.3 is 35.0 Å². The molecule has 5 rings (SSSR count). The summed E-state index contributed by atoms with van der Waals surface area (Å²) in [6.07, 6.45) is 3.18. The zero-order valence-electron chi connectivity index (χ0n) is 20.4. The molecule has 0 unspecified atom stereocenters. The molecule has 12 atom stereocenters. The van der Waals surface area contributed by atoms with Crippen LogP contribution in [0.4, 0.5) is 0 Å². The topological polar surface area (TPSA) is 137 Å². The molecular formula is C26H42O8. The average Bonchev–Trinajstić information content (AvgIpc) is 3.06. The minimum atomic E-state index is -1.42. The van der Waals surface area contributed by atoms with E-state index in [0.717, 1.165) is 57.8 Å². The van der Waals surface area contributed by atoms with Crippen molar-refractivity contribution in [3.63, 3.8) is 0 Å². The average molecular weight is 483 g/mol. The van der Waals surface area contributed by atoms with E-state index in [1.165, 1.54) is 0 Å². The SMILES string of the molecule is C[C@@]12CCC[C@@](C)(C(=O)O)[C@H]1CC[C@@]13C[C@@H](CC[C@H]12)[C@@H](CO[C@@H]1O[C@@H](CO)[C@H](O)[C@@H](O)[C@@H]1O)C3. The maximum absolute atomic E-state index is 12.3. The number of carboxylic acid groups (broad SMARTS) is 1. The van der Waals surface area contributed by atoms with Crippen molar-refractivity contribution >= 4 is 5.97 Å². The van der Waals surface area contributed by atoms with E-state index >= 15 is 0 Å². The largest absolute Gasteiger partial charge is 0.481 e. The van der Waals surface area contributed by atoms with Gasteiger partial charge >= 0.3 is 5.97 Å². The van der Waals surface area contributed by atoms with Crippen molar-refractivity contribution in [2.24, 2.45) is 39.9 Å². The van der Waals surface area contributed by atoms with Crippen LogP contribution in [0.3, 0.4) is 0 Å². The molecule has 0 aromatic rings. The van der Waals surface area contributed by atoms with Crippen LogP contribution >= 0.6 is 0 Å². The fraction of sp³-hybridized carbons (Fsp3) is 0.962. The zero-order chi connectivity index (χ0) is 24.5. The number of rotatable bonds is 5. The molecule has 0 aromatic heterocycles. The fourth-order valence-corrected chi connectivity index (χ4v) is 9.46. The van der Waals surface area contributed by atoms with E-state index in [2.05, 4.69) is 6.92 Å². The van der Waals surface area contributed by atoms with Gasteiger partial charge in [-0.3, -0.25) is 4.79 Å². The standard InChI is InChI=1S/C26H42O8/c1-24-7-3-8-25(2,23(31)32)17(24)6-9-26-10-14(4-5-18(24)26)15(11-26)13-33-22-21(30)20(29)19(28)16(12-27)34-22/h14-22,27-30H,3-13H2,1-2H3,(H,31,32)/t14-,15-,16+,17+,18+,19+,20-,21+,22-,24-,25-,26+/m1/s1. The highest BCUT2D eigenvalue weighted by Crippen LogP contribution is 2.72. The molecule has 1 aliphatic heterocycles. The summed E-state index contributed by atoms with van der Waals surface area (Å²) in [7, 11) is 0. The molecule has 5 N–H and O–H groups in total. The second kappa shape index (κ2) is 8.67. The Morgan fingerprint density at radius 3 is 2.44 bits per heavy atom. The van der Waals surface area contributed by atoms with Crippen molar-refractivity contribution in [3.05, 3.63) is 0 Å². The first-order valence-corrected chi connectivity index (χ1v) is 13.2. The van der Waals surface area contributed by atoms with Crippen molar-refractivity contribution in [1.82, 2.24) is 0 Å². The van der Waals surface area contributed by atoms with Gasteiger partial charge in [-0.2, -0.15) is 0 Å². The predicted octanol–water partition coefficient (Wildman–Crippen LogP) is 1.92. The number of fused-ring (bicyclic) bond motifs is 3. The van der Waals surface area contributed by atoms with E-state index < -0.39 is 48.7 Å². The van der Waals surface area contributed by atoms with Crippen LogP contribution < -0.4 is 0 Å². The van der Waals surface area contributed by atoms with E-state index in [1.807, 2.05) is 6.92 Å². The normalized spacial score (nSPS) is 54.8. The van der Waals surface area contributed by atoms with Gasteiger partial charge in [-0.15, -0.1) is 0 Å². The molecule has 0 aromatic carbocycles. The van der Waals surface area contributed by atoms with Gasteiger partial charge in [-0.1, -0.05) is 13.3 Å². The summed E-state index contributed by atoms with van der Waals surface area (Å²) in [5, 5.41) is 50.0. The Balaban J connectivity index is 1.29. The molecule has 0 radical (unpaired) electrons. The molecule has 2 bridgehead atoms. The van der Waals surface area contributed by atoms with Crippen LogP contribution in [-0.4, -0.2) is 75.4 Å². The number of aliphatic hydroxyl groups excluding tert-OH is 4. The third-order valence-electron chi connectivity index (χ3n) is 11.1. The first kappa shape index (κ1) is 24.9. The Kier molecular flexibility index (Phi) is 6.35. The molecule has 34 heavy (non-hydrogen) atoms. The number of carbonyl (C=O) groups is 1. The van der Waals surface area contributed by atoms with Crippen LogP contribution in [-0.2, 0) is 14.3 Å². The lowest BCUT2D eigenvalue weighted by atomic mass is 9.41. The summed E-state index contributed by atoms with van der Waals surface area (Å²) in [5.74, 6) is 0.988. The third kappa shape index (κ3) is 3.58. The van der Waals surface area contributed by atoms with Gasteiger partial charge in [0.2, 0.25) is 0 Å². The number of hydrogen-bond acceptors (Lipinski definition) is 7. The minimum Gasteiger partial charge on any atom is -0.481 e. The Hall–Kier alpha value is -0.770. The van der Waals surface area contributed by atoms with Crippen LogP contribution in [0, 0.1) is 39.9 Å². The predicted molar refractivity (Wildman–Crippen MR) is 122 cm³/mol. The Morgan fingerprint density at radius 1 is 0.971 bits per heavy atom. The van der Waals surface area contributed by atoms with E-state index in [4.69, 9.17) is 9.47 Å².